The lowest BCUT2D eigenvalue weighted by molar-refractivity contribution is -0.146. The number of carbonyl (C=O) groups excluding carboxylic acids is 2. The first kappa shape index (κ1) is 14.3. The van der Waals surface area contributed by atoms with Crippen LogP contribution in [0.25, 0.3) is 0 Å². The van der Waals surface area contributed by atoms with E-state index in [1.165, 1.54) is 0 Å². The Bertz CT molecular complexity index is 278. The number of halogens is 1. The molecule has 0 aliphatic carbocycles. The molecule has 1 saturated heterocycles. The summed E-state index contributed by atoms with van der Waals surface area (Å²) < 4.78 is 0. The summed E-state index contributed by atoms with van der Waals surface area (Å²) in [6, 6.07) is 0.167. The van der Waals surface area contributed by atoms with Gasteiger partial charge < -0.3 is 15.1 Å². The lowest BCUT2D eigenvalue weighted by Crippen LogP contribution is -2.49. The van der Waals surface area contributed by atoms with E-state index < -0.39 is 11.8 Å². The van der Waals surface area contributed by atoms with Crippen molar-refractivity contribution in [3.05, 3.63) is 0 Å². The van der Waals surface area contributed by atoms with Crippen LogP contribution in [0.2, 0.25) is 0 Å². The number of likely N-dealkylation sites (N-methyl/N-ethyl adjacent to an activating group) is 1. The molecule has 0 atom stereocenters. The minimum absolute atomic E-state index is 0.167. The molecule has 1 fully saturated rings. The van der Waals surface area contributed by atoms with Crippen molar-refractivity contribution in [3.63, 3.8) is 0 Å². The highest BCUT2D eigenvalue weighted by atomic mass is 35.5. The Morgan fingerprint density at radius 3 is 2.53 bits per heavy atom. The van der Waals surface area contributed by atoms with Crippen molar-refractivity contribution in [3.8, 4) is 0 Å². The van der Waals surface area contributed by atoms with Crippen LogP contribution < -0.4 is 5.32 Å². The van der Waals surface area contributed by atoms with Crippen LogP contribution in [-0.2, 0) is 9.59 Å². The lowest BCUT2D eigenvalue weighted by Gasteiger charge is -2.34. The number of alkyl halides is 1. The lowest BCUT2D eigenvalue weighted by atomic mass is 10.0. The summed E-state index contributed by atoms with van der Waals surface area (Å²) in [6.07, 6.45) is 1.84. The van der Waals surface area contributed by atoms with Gasteiger partial charge in [0.2, 0.25) is 0 Å². The van der Waals surface area contributed by atoms with Crippen molar-refractivity contribution in [2.75, 3.05) is 39.6 Å². The zero-order valence-electron chi connectivity index (χ0n) is 10.4. The highest BCUT2D eigenvalue weighted by molar-refractivity contribution is 6.35. The van der Waals surface area contributed by atoms with E-state index in [-0.39, 0.29) is 6.04 Å². The number of likely N-dealkylation sites (tertiary alicyclic amines) is 1. The molecule has 0 aromatic heterocycles. The van der Waals surface area contributed by atoms with Crippen molar-refractivity contribution in [1.29, 1.82) is 0 Å². The molecule has 1 N–H and O–H groups in total. The molecule has 0 bridgehead atoms. The number of nitrogens with one attached hydrogen (secondary N) is 1. The molecule has 2 amide bonds. The maximum absolute atomic E-state index is 11.8. The molecule has 0 spiro atoms. The van der Waals surface area contributed by atoms with E-state index in [0.717, 1.165) is 25.9 Å². The third-order valence-electron chi connectivity index (χ3n) is 3.13. The molecule has 5 nitrogen and oxygen atoms in total. The van der Waals surface area contributed by atoms with Crippen LogP contribution in [0.4, 0.5) is 0 Å². The Balaban J connectivity index is 2.43. The minimum atomic E-state index is -0.563. The maximum Gasteiger partial charge on any atom is 0.311 e. The van der Waals surface area contributed by atoms with Crippen molar-refractivity contribution in [2.24, 2.45) is 0 Å². The topological polar surface area (TPSA) is 52.7 Å². The number of rotatable bonds is 3. The first-order valence-electron chi connectivity index (χ1n) is 5.85. The zero-order chi connectivity index (χ0) is 12.8. The third kappa shape index (κ3) is 4.16. The van der Waals surface area contributed by atoms with Crippen molar-refractivity contribution in [1.82, 2.24) is 15.1 Å². The van der Waals surface area contributed by atoms with Gasteiger partial charge >= 0.3 is 11.8 Å². The quantitative estimate of drug-likeness (QED) is 0.570. The van der Waals surface area contributed by atoms with Gasteiger partial charge in [0, 0.05) is 25.5 Å². The molecule has 0 saturated carbocycles. The highest BCUT2D eigenvalue weighted by Crippen LogP contribution is 2.14. The average molecular weight is 262 g/mol. The van der Waals surface area contributed by atoms with E-state index in [9.17, 15) is 9.59 Å². The molecule has 1 rings (SSSR count). The number of piperidine rings is 1. The Morgan fingerprint density at radius 2 is 2.00 bits per heavy atom. The Kier molecular flexibility index (Phi) is 5.71. The summed E-state index contributed by atoms with van der Waals surface area (Å²) in [7, 11) is 3.75. The van der Waals surface area contributed by atoms with Gasteiger partial charge in [0.1, 0.15) is 0 Å². The van der Waals surface area contributed by atoms with Gasteiger partial charge in [0.15, 0.2) is 0 Å². The van der Waals surface area contributed by atoms with E-state index >= 15 is 0 Å². The molecule has 6 heteroatoms. The van der Waals surface area contributed by atoms with Gasteiger partial charge in [-0.05, 0) is 33.0 Å². The van der Waals surface area contributed by atoms with Crippen LogP contribution in [0, 0.1) is 0 Å². The smallest absolute Gasteiger partial charge is 0.311 e. The molecule has 0 radical (unpaired) electrons. The van der Waals surface area contributed by atoms with Crippen molar-refractivity contribution >= 4 is 23.4 Å². The second-order valence-electron chi connectivity index (χ2n) is 4.40. The summed E-state index contributed by atoms with van der Waals surface area (Å²) >= 11 is 5.45. The minimum Gasteiger partial charge on any atom is -0.347 e. The molecular formula is C11H20ClN3O2. The first-order valence-corrected chi connectivity index (χ1v) is 6.39. The monoisotopic (exact) mass is 261 g/mol. The summed E-state index contributed by atoms with van der Waals surface area (Å²) in [5.41, 5.74) is 0. The van der Waals surface area contributed by atoms with E-state index in [1.54, 1.807) is 11.9 Å². The fourth-order valence-corrected chi connectivity index (χ4v) is 2.04. The van der Waals surface area contributed by atoms with Gasteiger partial charge in [-0.1, -0.05) is 0 Å². The largest absolute Gasteiger partial charge is 0.347 e. The van der Waals surface area contributed by atoms with Crippen LogP contribution in [0.15, 0.2) is 0 Å². The SMILES string of the molecule is CN1CCC(N(C)C(=O)C(=O)NCCCl)CC1. The van der Waals surface area contributed by atoms with Crippen molar-refractivity contribution in [2.45, 2.75) is 18.9 Å². The van der Waals surface area contributed by atoms with E-state index in [4.69, 9.17) is 11.6 Å². The Labute approximate surface area is 107 Å². The van der Waals surface area contributed by atoms with Gasteiger partial charge in [0.25, 0.3) is 0 Å². The predicted molar refractivity (Wildman–Crippen MR) is 67.0 cm³/mol. The Hall–Kier alpha value is -0.810. The average Bonchev–Trinajstić information content (AvgIpc) is 2.35. The summed E-state index contributed by atoms with van der Waals surface area (Å²) in [6.45, 7) is 2.25. The summed E-state index contributed by atoms with van der Waals surface area (Å²) in [5, 5.41) is 2.49. The number of nitrogens with zero attached hydrogens (tertiary/aromatic N) is 2. The van der Waals surface area contributed by atoms with Gasteiger partial charge in [-0.2, -0.15) is 0 Å². The summed E-state index contributed by atoms with van der Waals surface area (Å²) in [4.78, 5) is 27.0. The molecule has 0 aromatic rings. The van der Waals surface area contributed by atoms with Gasteiger partial charge in [-0.25, -0.2) is 0 Å². The predicted octanol–water partition coefficient (Wildman–Crippen LogP) is -0.106. The molecular weight excluding hydrogens is 242 g/mol. The molecule has 1 aliphatic rings. The van der Waals surface area contributed by atoms with Crippen LogP contribution in [0.3, 0.4) is 0 Å². The molecule has 1 aliphatic heterocycles. The summed E-state index contributed by atoms with van der Waals surface area (Å²) in [5.74, 6) is -0.714. The van der Waals surface area contributed by atoms with Gasteiger partial charge in [-0.3, -0.25) is 9.59 Å². The normalized spacial score (nSPS) is 17.8. The Morgan fingerprint density at radius 1 is 1.41 bits per heavy atom. The van der Waals surface area contributed by atoms with Crippen LogP contribution in [-0.4, -0.2) is 67.3 Å². The molecule has 0 aromatic carbocycles. The van der Waals surface area contributed by atoms with E-state index in [0.29, 0.717) is 12.4 Å². The fourth-order valence-electron chi connectivity index (χ4n) is 1.94. The second-order valence-corrected chi connectivity index (χ2v) is 4.77. The standard InChI is InChI=1S/C11H20ClN3O2/c1-14-7-3-9(4-8-14)15(2)11(17)10(16)13-6-5-12/h9H,3-8H2,1-2H3,(H,13,16). The van der Waals surface area contributed by atoms with Gasteiger partial charge in [0.05, 0.1) is 0 Å². The highest BCUT2D eigenvalue weighted by Gasteiger charge is 2.27. The van der Waals surface area contributed by atoms with Crippen molar-refractivity contribution < 1.29 is 9.59 Å². The number of amides is 2. The van der Waals surface area contributed by atoms with Crippen LogP contribution in [0.5, 0.6) is 0 Å². The third-order valence-corrected chi connectivity index (χ3v) is 3.32. The maximum atomic E-state index is 11.8. The zero-order valence-corrected chi connectivity index (χ0v) is 11.2. The number of hydrogen-bond donors (Lipinski definition) is 1. The number of carbonyl (C=O) groups is 2. The molecule has 17 heavy (non-hydrogen) atoms. The van der Waals surface area contributed by atoms with E-state index in [1.807, 2.05) is 0 Å². The molecule has 0 unspecified atom stereocenters. The second kappa shape index (κ2) is 6.81. The molecule has 98 valence electrons. The molecule has 1 heterocycles. The van der Waals surface area contributed by atoms with Crippen LogP contribution in [0.1, 0.15) is 12.8 Å². The fraction of sp³-hybridized carbons (Fsp3) is 0.818. The first-order chi connectivity index (χ1) is 8.06. The van der Waals surface area contributed by atoms with Gasteiger partial charge in [-0.15, -0.1) is 11.6 Å². The van der Waals surface area contributed by atoms with E-state index in [2.05, 4.69) is 17.3 Å². The van der Waals surface area contributed by atoms with Crippen LogP contribution >= 0.6 is 11.6 Å². The number of hydrogen-bond acceptors (Lipinski definition) is 3.